The van der Waals surface area contributed by atoms with Crippen molar-refractivity contribution >= 4 is 16.9 Å². The van der Waals surface area contributed by atoms with Crippen molar-refractivity contribution in [2.45, 2.75) is 6.92 Å². The van der Waals surface area contributed by atoms with E-state index in [2.05, 4.69) is 0 Å². The Balaban J connectivity index is 2.61. The second kappa shape index (κ2) is 6.00. The molecule has 7 heteroatoms. The number of fused-ring (bicyclic) bond motifs is 1. The summed E-state index contributed by atoms with van der Waals surface area (Å²) in [4.78, 5) is 22.3. The zero-order valence-electron chi connectivity index (χ0n) is 11.0. The average Bonchev–Trinajstić information content (AvgIpc) is 2.44. The summed E-state index contributed by atoms with van der Waals surface area (Å²) in [6.45, 7) is 1.07. The van der Waals surface area contributed by atoms with Gasteiger partial charge in [0.1, 0.15) is 16.7 Å². The van der Waals surface area contributed by atoms with Gasteiger partial charge in [0, 0.05) is 0 Å². The Labute approximate surface area is 118 Å². The highest BCUT2D eigenvalue weighted by Crippen LogP contribution is 2.37. The number of ether oxygens (including phenoxy) is 2. The number of aromatic hydroxyl groups is 1. The second-order valence-corrected chi connectivity index (χ2v) is 3.97. The van der Waals surface area contributed by atoms with Crippen molar-refractivity contribution < 1.29 is 28.9 Å². The Morgan fingerprint density at radius 2 is 2.19 bits per heavy atom. The Kier molecular flexibility index (Phi) is 4.13. The van der Waals surface area contributed by atoms with Crippen LogP contribution in [0.2, 0.25) is 0 Å². The van der Waals surface area contributed by atoms with Gasteiger partial charge in [0.25, 0.3) is 5.75 Å². The standard InChI is InChI=1S/C14H12O7/c1-2-6-19-13-12(17)11-8(20-7-10(15)16)4-3-5-9(11)21-14(13)18/h2-6,17H,7H2,1H3,(H,15,16). The molecule has 0 aliphatic rings. The topological polar surface area (TPSA) is 106 Å². The van der Waals surface area contributed by atoms with Crippen LogP contribution in [-0.2, 0) is 4.79 Å². The molecule has 110 valence electrons. The minimum atomic E-state index is -1.17. The van der Waals surface area contributed by atoms with Crippen LogP contribution in [0.1, 0.15) is 6.92 Å². The quantitative estimate of drug-likeness (QED) is 0.640. The molecule has 0 saturated heterocycles. The van der Waals surface area contributed by atoms with E-state index in [1.165, 1.54) is 30.5 Å². The maximum absolute atomic E-state index is 11.7. The van der Waals surface area contributed by atoms with Gasteiger partial charge in [-0.15, -0.1) is 0 Å². The molecule has 0 amide bonds. The largest absolute Gasteiger partial charge is 0.503 e. The lowest BCUT2D eigenvalue weighted by Crippen LogP contribution is -2.10. The highest BCUT2D eigenvalue weighted by Gasteiger charge is 2.18. The van der Waals surface area contributed by atoms with Crippen molar-refractivity contribution in [3.05, 3.63) is 41.0 Å². The highest BCUT2D eigenvalue weighted by molar-refractivity contribution is 5.91. The van der Waals surface area contributed by atoms with Gasteiger partial charge >= 0.3 is 11.6 Å². The van der Waals surface area contributed by atoms with Crippen molar-refractivity contribution in [2.75, 3.05) is 6.61 Å². The minimum Gasteiger partial charge on any atom is -0.503 e. The number of allylic oxidation sites excluding steroid dienone is 1. The van der Waals surface area contributed by atoms with Crippen molar-refractivity contribution in [2.24, 2.45) is 0 Å². The first-order chi connectivity index (χ1) is 10.0. The maximum atomic E-state index is 11.7. The van der Waals surface area contributed by atoms with Crippen LogP contribution in [0.25, 0.3) is 11.0 Å². The fourth-order valence-corrected chi connectivity index (χ4v) is 1.69. The van der Waals surface area contributed by atoms with Crippen LogP contribution in [0, 0.1) is 0 Å². The molecule has 0 atom stereocenters. The lowest BCUT2D eigenvalue weighted by Gasteiger charge is -2.09. The molecule has 21 heavy (non-hydrogen) atoms. The third-order valence-corrected chi connectivity index (χ3v) is 2.50. The van der Waals surface area contributed by atoms with Crippen LogP contribution in [0.3, 0.4) is 0 Å². The Morgan fingerprint density at radius 3 is 2.86 bits per heavy atom. The van der Waals surface area contributed by atoms with Gasteiger partial charge in [0.2, 0.25) is 0 Å². The van der Waals surface area contributed by atoms with E-state index in [0.29, 0.717) is 0 Å². The lowest BCUT2D eigenvalue weighted by molar-refractivity contribution is -0.139. The molecule has 1 heterocycles. The van der Waals surface area contributed by atoms with Gasteiger partial charge in [-0.1, -0.05) is 12.1 Å². The third kappa shape index (κ3) is 2.97. The number of carbonyl (C=O) groups is 1. The molecule has 2 N–H and O–H groups in total. The van der Waals surface area contributed by atoms with Gasteiger partial charge in [-0.05, 0) is 19.1 Å². The molecule has 0 aliphatic carbocycles. The number of rotatable bonds is 5. The van der Waals surface area contributed by atoms with Gasteiger partial charge in [-0.25, -0.2) is 9.59 Å². The molecule has 2 aromatic rings. The molecule has 7 nitrogen and oxygen atoms in total. The third-order valence-electron chi connectivity index (χ3n) is 2.50. The summed E-state index contributed by atoms with van der Waals surface area (Å²) in [7, 11) is 0. The summed E-state index contributed by atoms with van der Waals surface area (Å²) >= 11 is 0. The predicted molar refractivity (Wildman–Crippen MR) is 72.7 cm³/mol. The van der Waals surface area contributed by atoms with Crippen molar-refractivity contribution in [1.29, 1.82) is 0 Å². The summed E-state index contributed by atoms with van der Waals surface area (Å²) < 4.78 is 15.1. The summed E-state index contributed by atoms with van der Waals surface area (Å²) in [5.41, 5.74) is -0.790. The average molecular weight is 292 g/mol. The van der Waals surface area contributed by atoms with Crippen molar-refractivity contribution in [3.63, 3.8) is 0 Å². The normalized spacial score (nSPS) is 10.9. The molecule has 0 radical (unpaired) electrons. The van der Waals surface area contributed by atoms with Crippen molar-refractivity contribution in [1.82, 2.24) is 0 Å². The number of aliphatic carboxylic acids is 1. The lowest BCUT2D eigenvalue weighted by atomic mass is 10.2. The van der Waals surface area contributed by atoms with E-state index in [1.807, 2.05) is 0 Å². The summed E-state index contributed by atoms with van der Waals surface area (Å²) in [5.74, 6) is -1.97. The summed E-state index contributed by atoms with van der Waals surface area (Å²) in [6.07, 6.45) is 2.73. The molecular weight excluding hydrogens is 280 g/mol. The maximum Gasteiger partial charge on any atom is 0.383 e. The molecule has 1 aromatic carbocycles. The monoisotopic (exact) mass is 292 g/mol. The van der Waals surface area contributed by atoms with Crippen molar-refractivity contribution in [3.8, 4) is 17.2 Å². The van der Waals surface area contributed by atoms with Crippen LogP contribution >= 0.6 is 0 Å². The van der Waals surface area contributed by atoms with Gasteiger partial charge in [0.15, 0.2) is 12.4 Å². The molecule has 0 saturated carbocycles. The predicted octanol–water partition coefficient (Wildman–Crippen LogP) is 1.87. The number of hydrogen-bond acceptors (Lipinski definition) is 6. The summed E-state index contributed by atoms with van der Waals surface area (Å²) in [6, 6.07) is 4.41. The molecule has 0 unspecified atom stereocenters. The first-order valence-corrected chi connectivity index (χ1v) is 5.95. The molecule has 2 rings (SSSR count). The zero-order chi connectivity index (χ0) is 15.4. The van der Waals surface area contributed by atoms with Gasteiger partial charge < -0.3 is 24.1 Å². The first kappa shape index (κ1) is 14.4. The fourth-order valence-electron chi connectivity index (χ4n) is 1.69. The van der Waals surface area contributed by atoms with Crippen LogP contribution in [-0.4, -0.2) is 22.8 Å². The SMILES string of the molecule is CC=COc1c(O)c2c(OCC(=O)O)cccc2oc1=O. The van der Waals surface area contributed by atoms with Crippen LogP contribution in [0.5, 0.6) is 17.2 Å². The molecule has 1 aromatic heterocycles. The minimum absolute atomic E-state index is 0.0632. The van der Waals surface area contributed by atoms with Gasteiger partial charge in [-0.3, -0.25) is 0 Å². The van der Waals surface area contributed by atoms with E-state index in [4.69, 9.17) is 19.0 Å². The molecular formula is C14H12O7. The fraction of sp³-hybridized carbons (Fsp3) is 0.143. The summed E-state index contributed by atoms with van der Waals surface area (Å²) in [5, 5.41) is 18.9. The molecule has 0 bridgehead atoms. The van der Waals surface area contributed by atoms with Crippen LogP contribution in [0.15, 0.2) is 39.7 Å². The first-order valence-electron chi connectivity index (χ1n) is 5.95. The van der Waals surface area contributed by atoms with E-state index >= 15 is 0 Å². The van der Waals surface area contributed by atoms with Gasteiger partial charge in [-0.2, -0.15) is 0 Å². The number of hydrogen-bond donors (Lipinski definition) is 2. The number of carboxylic acids is 1. The second-order valence-electron chi connectivity index (χ2n) is 3.97. The molecule has 0 aliphatic heterocycles. The number of benzene rings is 1. The van der Waals surface area contributed by atoms with E-state index in [9.17, 15) is 14.7 Å². The smallest absolute Gasteiger partial charge is 0.383 e. The van der Waals surface area contributed by atoms with E-state index in [0.717, 1.165) is 0 Å². The van der Waals surface area contributed by atoms with Gasteiger partial charge in [0.05, 0.1) is 6.26 Å². The molecule has 0 fully saturated rings. The Hall–Kier alpha value is -2.96. The Bertz CT molecular complexity index is 758. The van der Waals surface area contributed by atoms with E-state index in [-0.39, 0.29) is 16.7 Å². The van der Waals surface area contributed by atoms with E-state index < -0.39 is 29.7 Å². The number of carboxylic acid groups (broad SMARTS) is 1. The highest BCUT2D eigenvalue weighted by atomic mass is 16.5. The molecule has 0 spiro atoms. The van der Waals surface area contributed by atoms with Crippen LogP contribution < -0.4 is 15.1 Å². The van der Waals surface area contributed by atoms with Crippen LogP contribution in [0.4, 0.5) is 0 Å². The Morgan fingerprint density at radius 1 is 1.43 bits per heavy atom. The van der Waals surface area contributed by atoms with E-state index in [1.54, 1.807) is 6.92 Å². The zero-order valence-corrected chi connectivity index (χ0v) is 11.0.